The molecular formula is C10H13N5O2. The van der Waals surface area contributed by atoms with Gasteiger partial charge in [0.25, 0.3) is 11.7 Å². The minimum absolute atomic E-state index is 0.0486. The quantitative estimate of drug-likeness (QED) is 0.751. The third-order valence-corrected chi connectivity index (χ3v) is 2.19. The molecule has 2 rings (SSSR count). The maximum Gasteiger partial charge on any atom is 0.291 e. The highest BCUT2D eigenvalue weighted by atomic mass is 16.3. The Morgan fingerprint density at radius 3 is 3.06 bits per heavy atom. The molecule has 0 aliphatic rings. The smallest absolute Gasteiger partial charge is 0.291 e. The van der Waals surface area contributed by atoms with Crippen LogP contribution in [-0.4, -0.2) is 43.2 Å². The van der Waals surface area contributed by atoms with Crippen molar-refractivity contribution in [3.63, 3.8) is 0 Å². The van der Waals surface area contributed by atoms with Crippen LogP contribution in [-0.2, 0) is 0 Å². The average molecular weight is 235 g/mol. The Morgan fingerprint density at radius 1 is 1.65 bits per heavy atom. The number of amides is 1. The SMILES string of the molecule is Cc1ccnc2nc(C(=O)NCC(C)O)nn12. The summed E-state index contributed by atoms with van der Waals surface area (Å²) in [6, 6.07) is 1.78. The first-order valence-corrected chi connectivity index (χ1v) is 5.22. The van der Waals surface area contributed by atoms with Crippen LogP contribution in [0.15, 0.2) is 12.3 Å². The van der Waals surface area contributed by atoms with Gasteiger partial charge in [0, 0.05) is 18.4 Å². The summed E-state index contributed by atoms with van der Waals surface area (Å²) in [7, 11) is 0. The summed E-state index contributed by atoms with van der Waals surface area (Å²) in [5.74, 6) is 0.00967. The van der Waals surface area contributed by atoms with Crippen molar-refractivity contribution in [2.45, 2.75) is 20.0 Å². The van der Waals surface area contributed by atoms with E-state index >= 15 is 0 Å². The average Bonchev–Trinajstić information content (AvgIpc) is 2.71. The van der Waals surface area contributed by atoms with E-state index in [1.807, 2.05) is 6.92 Å². The summed E-state index contributed by atoms with van der Waals surface area (Å²) in [6.07, 6.45) is 1.01. The van der Waals surface area contributed by atoms with Crippen LogP contribution in [0.2, 0.25) is 0 Å². The fourth-order valence-electron chi connectivity index (χ4n) is 1.32. The van der Waals surface area contributed by atoms with Crippen molar-refractivity contribution in [1.82, 2.24) is 24.9 Å². The van der Waals surface area contributed by atoms with E-state index in [0.29, 0.717) is 5.78 Å². The number of nitrogens with one attached hydrogen (secondary N) is 1. The lowest BCUT2D eigenvalue weighted by Crippen LogP contribution is -2.31. The second-order valence-electron chi connectivity index (χ2n) is 3.79. The van der Waals surface area contributed by atoms with E-state index in [9.17, 15) is 4.79 Å². The third kappa shape index (κ3) is 2.39. The molecule has 2 heterocycles. The minimum Gasteiger partial charge on any atom is -0.392 e. The monoisotopic (exact) mass is 235 g/mol. The molecule has 7 heteroatoms. The zero-order valence-corrected chi connectivity index (χ0v) is 9.58. The summed E-state index contributed by atoms with van der Waals surface area (Å²) in [5, 5.41) is 15.6. The van der Waals surface area contributed by atoms with Gasteiger partial charge in [0.2, 0.25) is 5.82 Å². The molecule has 0 radical (unpaired) electrons. The maximum absolute atomic E-state index is 11.6. The van der Waals surface area contributed by atoms with Gasteiger partial charge in [-0.15, -0.1) is 5.10 Å². The van der Waals surface area contributed by atoms with Crippen molar-refractivity contribution in [2.24, 2.45) is 0 Å². The Kier molecular flexibility index (Phi) is 3.01. The van der Waals surface area contributed by atoms with E-state index in [1.54, 1.807) is 19.2 Å². The molecule has 0 saturated heterocycles. The Hall–Kier alpha value is -2.02. The van der Waals surface area contributed by atoms with E-state index in [4.69, 9.17) is 5.11 Å². The van der Waals surface area contributed by atoms with E-state index in [0.717, 1.165) is 5.69 Å². The Morgan fingerprint density at radius 2 is 2.41 bits per heavy atom. The van der Waals surface area contributed by atoms with E-state index < -0.39 is 12.0 Å². The number of rotatable bonds is 3. The van der Waals surface area contributed by atoms with Crippen molar-refractivity contribution in [2.75, 3.05) is 6.54 Å². The van der Waals surface area contributed by atoms with Crippen LogP contribution in [0.1, 0.15) is 23.2 Å². The van der Waals surface area contributed by atoms with Crippen LogP contribution in [0.25, 0.3) is 5.78 Å². The normalized spacial score (nSPS) is 12.6. The molecule has 90 valence electrons. The van der Waals surface area contributed by atoms with Gasteiger partial charge in [0.15, 0.2) is 0 Å². The molecule has 2 aromatic rings. The number of aromatic nitrogens is 4. The van der Waals surface area contributed by atoms with Gasteiger partial charge < -0.3 is 10.4 Å². The number of aliphatic hydroxyl groups excluding tert-OH is 1. The van der Waals surface area contributed by atoms with Crippen LogP contribution in [0.3, 0.4) is 0 Å². The van der Waals surface area contributed by atoms with Gasteiger partial charge in [-0.25, -0.2) is 9.50 Å². The summed E-state index contributed by atoms with van der Waals surface area (Å²) >= 11 is 0. The van der Waals surface area contributed by atoms with Crippen molar-refractivity contribution in [3.8, 4) is 0 Å². The first kappa shape index (κ1) is 11.5. The summed E-state index contributed by atoms with van der Waals surface area (Å²) in [4.78, 5) is 19.6. The van der Waals surface area contributed by atoms with E-state index in [2.05, 4.69) is 20.4 Å². The van der Waals surface area contributed by atoms with E-state index in [1.165, 1.54) is 4.52 Å². The molecule has 7 nitrogen and oxygen atoms in total. The maximum atomic E-state index is 11.6. The van der Waals surface area contributed by atoms with Crippen LogP contribution < -0.4 is 5.32 Å². The molecule has 0 spiro atoms. The largest absolute Gasteiger partial charge is 0.392 e. The van der Waals surface area contributed by atoms with Crippen LogP contribution in [0.5, 0.6) is 0 Å². The number of carbonyl (C=O) groups is 1. The zero-order valence-electron chi connectivity index (χ0n) is 9.58. The highest BCUT2D eigenvalue weighted by Gasteiger charge is 2.14. The topological polar surface area (TPSA) is 92.4 Å². The van der Waals surface area contributed by atoms with Gasteiger partial charge in [-0.05, 0) is 19.9 Å². The summed E-state index contributed by atoms with van der Waals surface area (Å²) < 4.78 is 1.50. The number of hydrogen-bond acceptors (Lipinski definition) is 5. The molecule has 0 aliphatic heterocycles. The Labute approximate surface area is 97.5 Å². The lowest BCUT2D eigenvalue weighted by molar-refractivity contribution is 0.0914. The predicted molar refractivity (Wildman–Crippen MR) is 59.5 cm³/mol. The Bertz CT molecular complexity index is 549. The van der Waals surface area contributed by atoms with Crippen molar-refractivity contribution in [1.29, 1.82) is 0 Å². The zero-order chi connectivity index (χ0) is 12.4. The molecule has 1 amide bonds. The first-order valence-electron chi connectivity index (χ1n) is 5.22. The number of nitrogens with zero attached hydrogens (tertiary/aromatic N) is 4. The number of aryl methyl sites for hydroxylation is 1. The van der Waals surface area contributed by atoms with Crippen LogP contribution in [0, 0.1) is 6.92 Å². The van der Waals surface area contributed by atoms with E-state index in [-0.39, 0.29) is 12.4 Å². The molecule has 2 N–H and O–H groups in total. The summed E-state index contributed by atoms with van der Waals surface area (Å²) in [5.41, 5.74) is 0.845. The van der Waals surface area contributed by atoms with Crippen molar-refractivity contribution >= 4 is 11.7 Å². The molecule has 0 fully saturated rings. The van der Waals surface area contributed by atoms with Gasteiger partial charge in [0.1, 0.15) is 0 Å². The van der Waals surface area contributed by atoms with Gasteiger partial charge in [-0.2, -0.15) is 4.98 Å². The first-order chi connectivity index (χ1) is 8.08. The molecule has 0 saturated carbocycles. The molecule has 1 unspecified atom stereocenters. The number of aliphatic hydroxyl groups is 1. The molecule has 1 atom stereocenters. The number of carbonyl (C=O) groups excluding carboxylic acids is 1. The summed E-state index contributed by atoms with van der Waals surface area (Å²) in [6.45, 7) is 3.60. The van der Waals surface area contributed by atoms with Gasteiger partial charge >= 0.3 is 0 Å². The third-order valence-electron chi connectivity index (χ3n) is 2.19. The van der Waals surface area contributed by atoms with Gasteiger partial charge in [0.05, 0.1) is 6.10 Å². The lowest BCUT2D eigenvalue weighted by Gasteiger charge is -2.03. The molecule has 2 aromatic heterocycles. The number of fused-ring (bicyclic) bond motifs is 1. The predicted octanol–water partition coefficient (Wildman–Crippen LogP) is -0.457. The lowest BCUT2D eigenvalue weighted by atomic mass is 10.4. The molecule has 0 aliphatic carbocycles. The highest BCUT2D eigenvalue weighted by molar-refractivity contribution is 5.90. The second-order valence-corrected chi connectivity index (χ2v) is 3.79. The molecule has 0 aromatic carbocycles. The fourth-order valence-corrected chi connectivity index (χ4v) is 1.32. The second kappa shape index (κ2) is 4.46. The standard InChI is InChI=1S/C10H13N5O2/c1-6-3-4-11-10-13-8(14-15(6)10)9(17)12-5-7(2)16/h3-4,7,16H,5H2,1-2H3,(H,12,17). The van der Waals surface area contributed by atoms with Gasteiger partial charge in [-0.3, -0.25) is 4.79 Å². The van der Waals surface area contributed by atoms with Crippen LogP contribution in [0.4, 0.5) is 0 Å². The minimum atomic E-state index is -0.601. The highest BCUT2D eigenvalue weighted by Crippen LogP contribution is 2.01. The molecule has 0 bridgehead atoms. The fraction of sp³-hybridized carbons (Fsp3) is 0.400. The molecular weight excluding hydrogens is 222 g/mol. The van der Waals surface area contributed by atoms with Crippen molar-refractivity contribution < 1.29 is 9.90 Å². The van der Waals surface area contributed by atoms with Crippen LogP contribution >= 0.6 is 0 Å². The van der Waals surface area contributed by atoms with Gasteiger partial charge in [-0.1, -0.05) is 0 Å². The Balaban J connectivity index is 2.24. The number of hydrogen-bond donors (Lipinski definition) is 2. The molecule has 17 heavy (non-hydrogen) atoms. The van der Waals surface area contributed by atoms with Crippen molar-refractivity contribution in [3.05, 3.63) is 23.8 Å².